The number of benzene rings is 2. The molecule has 1 atom stereocenters. The Hall–Kier alpha value is -2.40. The lowest BCUT2D eigenvalue weighted by molar-refractivity contribution is -0.119. The number of hydrogen-bond acceptors (Lipinski definition) is 3. The number of carbonyl (C=O) groups is 1. The summed E-state index contributed by atoms with van der Waals surface area (Å²) in [6.45, 7) is 8.64. The highest BCUT2D eigenvalue weighted by molar-refractivity contribution is 5.72. The first-order valence-electron chi connectivity index (χ1n) is 11.0. The maximum atomic E-state index is 14.8. The van der Waals surface area contributed by atoms with Crippen LogP contribution in [0.4, 0.5) is 4.39 Å². The summed E-state index contributed by atoms with van der Waals surface area (Å²) in [5.41, 5.74) is 4.02. The van der Waals surface area contributed by atoms with Crippen molar-refractivity contribution in [1.29, 1.82) is 0 Å². The van der Waals surface area contributed by atoms with Crippen molar-refractivity contribution in [2.24, 2.45) is 5.92 Å². The van der Waals surface area contributed by atoms with Crippen LogP contribution in [0.15, 0.2) is 42.5 Å². The quantitative estimate of drug-likeness (QED) is 0.683. The second-order valence-electron chi connectivity index (χ2n) is 7.98. The van der Waals surface area contributed by atoms with E-state index in [1.165, 1.54) is 19.8 Å². The Bertz CT molecular complexity index is 834. The molecule has 1 N–H and O–H groups in total. The van der Waals surface area contributed by atoms with E-state index >= 15 is 0 Å². The molecule has 4 rings (SSSR count). The average Bonchev–Trinajstić information content (AvgIpc) is 3.58. The predicted octanol–water partition coefficient (Wildman–Crippen LogP) is 5.16. The van der Waals surface area contributed by atoms with Crippen LogP contribution < -0.4 is 10.1 Å². The number of fused-ring (bicyclic) bond motifs is 1. The van der Waals surface area contributed by atoms with Gasteiger partial charge >= 0.3 is 0 Å². The molecule has 0 saturated heterocycles. The summed E-state index contributed by atoms with van der Waals surface area (Å²) in [4.78, 5) is 13.1. The molecule has 2 aromatic rings. The van der Waals surface area contributed by atoms with Crippen molar-refractivity contribution in [3.05, 3.63) is 64.7 Å². The summed E-state index contributed by atoms with van der Waals surface area (Å²) in [6.07, 6.45) is 1.51. The van der Waals surface area contributed by atoms with E-state index in [9.17, 15) is 9.18 Å². The molecule has 0 aromatic heterocycles. The fraction of sp³-hybridized carbons (Fsp3) is 0.480. The van der Waals surface area contributed by atoms with Gasteiger partial charge < -0.3 is 10.1 Å². The van der Waals surface area contributed by atoms with Gasteiger partial charge in [-0.05, 0) is 53.1 Å². The number of amides is 1. The van der Waals surface area contributed by atoms with Gasteiger partial charge in [-0.3, -0.25) is 9.69 Å². The number of carbonyl (C=O) groups excluding carboxylic acids is 1. The number of halogens is 1. The number of nitrogens with one attached hydrogen (secondary N) is 1. The molecule has 0 bridgehead atoms. The molecule has 1 amide bonds. The van der Waals surface area contributed by atoms with Gasteiger partial charge in [-0.2, -0.15) is 0 Å². The second-order valence-corrected chi connectivity index (χ2v) is 7.98. The van der Waals surface area contributed by atoms with Crippen molar-refractivity contribution >= 4 is 5.91 Å². The highest BCUT2D eigenvalue weighted by Crippen LogP contribution is 2.34. The fourth-order valence-corrected chi connectivity index (χ4v) is 3.60. The molecular formula is C25H33FN2O2. The third-order valence-corrected chi connectivity index (χ3v) is 5.42. The standard InChI is InChI=1S/C23H27FN2O2.C2H6/c1-16(27)25-11-17-2-4-18(5-3-17)12-26-13-20-8-9-21(28-15-19-6-7-19)10-22(20)23(24)14-26;1-2/h2-5,8-10,19,23H,6-7,11-15H2,1H3,(H,25,27);1-2H3. The minimum atomic E-state index is -0.993. The average molecular weight is 413 g/mol. The Morgan fingerprint density at radius 3 is 2.50 bits per heavy atom. The molecule has 0 radical (unpaired) electrons. The van der Waals surface area contributed by atoms with Crippen LogP contribution in [-0.4, -0.2) is 24.0 Å². The smallest absolute Gasteiger partial charge is 0.217 e. The molecule has 1 aliphatic heterocycles. The second kappa shape index (κ2) is 10.6. The van der Waals surface area contributed by atoms with E-state index in [1.807, 2.05) is 44.2 Å². The van der Waals surface area contributed by atoms with E-state index in [-0.39, 0.29) is 5.91 Å². The first kappa shape index (κ1) is 22.3. The van der Waals surface area contributed by atoms with Crippen molar-refractivity contribution in [1.82, 2.24) is 10.2 Å². The molecule has 4 nitrogen and oxygen atoms in total. The number of ether oxygens (including phenoxy) is 1. The van der Waals surface area contributed by atoms with Crippen molar-refractivity contribution in [2.45, 2.75) is 59.4 Å². The van der Waals surface area contributed by atoms with E-state index in [0.29, 0.717) is 25.6 Å². The number of rotatable bonds is 7. The normalized spacial score (nSPS) is 18.1. The van der Waals surface area contributed by atoms with E-state index < -0.39 is 6.17 Å². The molecule has 1 fully saturated rings. The SMILES string of the molecule is CC.CC(=O)NCc1ccc(CN2Cc3ccc(OCC4CC4)cc3C(F)C2)cc1. The van der Waals surface area contributed by atoms with Gasteiger partial charge in [0, 0.05) is 33.1 Å². The van der Waals surface area contributed by atoms with Crippen molar-refractivity contribution in [3.63, 3.8) is 0 Å². The Morgan fingerprint density at radius 2 is 1.83 bits per heavy atom. The Kier molecular flexibility index (Phi) is 7.86. The highest BCUT2D eigenvalue weighted by Gasteiger charge is 2.26. The summed E-state index contributed by atoms with van der Waals surface area (Å²) in [6, 6.07) is 14.0. The van der Waals surface area contributed by atoms with Gasteiger partial charge in [-0.15, -0.1) is 0 Å². The van der Waals surface area contributed by atoms with Gasteiger partial charge in [0.05, 0.1) is 6.61 Å². The summed E-state index contributed by atoms with van der Waals surface area (Å²) in [7, 11) is 0. The molecule has 0 spiro atoms. The zero-order valence-electron chi connectivity index (χ0n) is 18.3. The zero-order chi connectivity index (χ0) is 21.5. The van der Waals surface area contributed by atoms with E-state index in [2.05, 4.69) is 22.3 Å². The molecule has 1 unspecified atom stereocenters. The van der Waals surface area contributed by atoms with Crippen LogP contribution in [-0.2, 0) is 24.4 Å². The maximum absolute atomic E-state index is 14.8. The molecule has 1 heterocycles. The highest BCUT2D eigenvalue weighted by atomic mass is 19.1. The van der Waals surface area contributed by atoms with E-state index in [1.54, 1.807) is 0 Å². The Labute approximate surface area is 179 Å². The molecule has 2 aliphatic rings. The van der Waals surface area contributed by atoms with Crippen LogP contribution >= 0.6 is 0 Å². The van der Waals surface area contributed by atoms with Crippen molar-refractivity contribution < 1.29 is 13.9 Å². The first-order valence-corrected chi connectivity index (χ1v) is 11.0. The molecular weight excluding hydrogens is 379 g/mol. The van der Waals surface area contributed by atoms with E-state index in [0.717, 1.165) is 41.2 Å². The minimum Gasteiger partial charge on any atom is -0.493 e. The summed E-state index contributed by atoms with van der Waals surface area (Å²) in [5, 5.41) is 2.79. The van der Waals surface area contributed by atoms with Gasteiger partial charge in [-0.25, -0.2) is 4.39 Å². The van der Waals surface area contributed by atoms with Crippen LogP contribution in [0, 0.1) is 5.92 Å². The Morgan fingerprint density at radius 1 is 1.13 bits per heavy atom. The summed E-state index contributed by atoms with van der Waals surface area (Å²) in [5.74, 6) is 1.44. The van der Waals surface area contributed by atoms with Crippen LogP contribution in [0.25, 0.3) is 0 Å². The van der Waals surface area contributed by atoms with Gasteiger partial charge in [0.15, 0.2) is 0 Å². The van der Waals surface area contributed by atoms with Crippen molar-refractivity contribution in [2.75, 3.05) is 13.2 Å². The Balaban J connectivity index is 0.00000124. The monoisotopic (exact) mass is 412 g/mol. The molecule has 1 saturated carbocycles. The van der Waals surface area contributed by atoms with Crippen LogP contribution in [0.1, 0.15) is 62.0 Å². The van der Waals surface area contributed by atoms with Gasteiger partial charge in [0.1, 0.15) is 11.9 Å². The summed E-state index contributed by atoms with van der Waals surface area (Å²) >= 11 is 0. The molecule has 5 heteroatoms. The third-order valence-electron chi connectivity index (χ3n) is 5.42. The predicted molar refractivity (Wildman–Crippen MR) is 118 cm³/mol. The lowest BCUT2D eigenvalue weighted by Crippen LogP contribution is -2.31. The number of nitrogens with zero attached hydrogens (tertiary/aromatic N) is 1. The minimum absolute atomic E-state index is 0.0360. The topological polar surface area (TPSA) is 41.6 Å². The lowest BCUT2D eigenvalue weighted by Gasteiger charge is -2.31. The third kappa shape index (κ3) is 6.30. The lowest BCUT2D eigenvalue weighted by atomic mass is 9.97. The van der Waals surface area contributed by atoms with Gasteiger partial charge in [-0.1, -0.05) is 44.2 Å². The molecule has 162 valence electrons. The summed E-state index contributed by atoms with van der Waals surface area (Å²) < 4.78 is 20.6. The van der Waals surface area contributed by atoms with Crippen LogP contribution in [0.3, 0.4) is 0 Å². The van der Waals surface area contributed by atoms with Gasteiger partial charge in [0.25, 0.3) is 0 Å². The first-order chi connectivity index (χ1) is 14.6. The van der Waals surface area contributed by atoms with Crippen LogP contribution in [0.5, 0.6) is 5.75 Å². The largest absolute Gasteiger partial charge is 0.493 e. The fourth-order valence-electron chi connectivity index (χ4n) is 3.60. The number of alkyl halides is 1. The zero-order valence-corrected chi connectivity index (χ0v) is 18.3. The van der Waals surface area contributed by atoms with E-state index in [4.69, 9.17) is 4.74 Å². The molecule has 2 aromatic carbocycles. The maximum Gasteiger partial charge on any atom is 0.217 e. The van der Waals surface area contributed by atoms with Gasteiger partial charge in [0.2, 0.25) is 5.91 Å². The number of hydrogen-bond donors (Lipinski definition) is 1. The molecule has 1 aliphatic carbocycles. The molecule has 30 heavy (non-hydrogen) atoms. The van der Waals surface area contributed by atoms with Crippen molar-refractivity contribution in [3.8, 4) is 5.75 Å². The van der Waals surface area contributed by atoms with Crippen LogP contribution in [0.2, 0.25) is 0 Å².